The summed E-state index contributed by atoms with van der Waals surface area (Å²) in [5, 5.41) is 36.2. The van der Waals surface area contributed by atoms with Gasteiger partial charge >= 0.3 is 5.97 Å². The van der Waals surface area contributed by atoms with E-state index in [2.05, 4.69) is 16.0 Å². The van der Waals surface area contributed by atoms with Crippen LogP contribution in [0.5, 0.6) is 0 Å². The number of aliphatic hydroxyl groups excluding tert-OH is 2. The highest BCUT2D eigenvalue weighted by molar-refractivity contribution is 5.94. The first-order valence-corrected chi connectivity index (χ1v) is 10.8. The summed E-state index contributed by atoms with van der Waals surface area (Å²) >= 11 is 0. The topological polar surface area (TPSA) is 220 Å². The number of aliphatic hydroxyl groups is 2. The summed E-state index contributed by atoms with van der Waals surface area (Å²) in [7, 11) is 0. The van der Waals surface area contributed by atoms with Crippen molar-refractivity contribution in [3.63, 3.8) is 0 Å². The third kappa shape index (κ3) is 11.1. The van der Waals surface area contributed by atoms with Gasteiger partial charge in [-0.15, -0.1) is 0 Å². The van der Waals surface area contributed by atoms with Crippen LogP contribution in [0, 0.1) is 11.8 Å². The smallest absolute Gasteiger partial charge is 0.328 e. The van der Waals surface area contributed by atoms with Crippen molar-refractivity contribution in [2.24, 2.45) is 17.6 Å². The van der Waals surface area contributed by atoms with Crippen LogP contribution in [0.15, 0.2) is 0 Å². The van der Waals surface area contributed by atoms with Crippen LogP contribution in [-0.2, 0) is 24.0 Å². The van der Waals surface area contributed by atoms with Crippen molar-refractivity contribution in [2.45, 2.75) is 64.7 Å². The second-order valence-corrected chi connectivity index (χ2v) is 8.20. The van der Waals surface area contributed by atoms with E-state index in [1.165, 1.54) is 0 Å². The summed E-state index contributed by atoms with van der Waals surface area (Å²) in [6.07, 6.45) is 0.979. The molecule has 9 N–H and O–H groups in total. The molecule has 0 saturated heterocycles. The number of carbonyl (C=O) groups excluding carboxylic acids is 4. The van der Waals surface area contributed by atoms with Gasteiger partial charge in [-0.05, 0) is 18.3 Å². The number of nitrogens with one attached hydrogen (secondary N) is 4. The zero-order valence-electron chi connectivity index (χ0n) is 19.5. The summed E-state index contributed by atoms with van der Waals surface area (Å²) in [6, 6.07) is -4.83. The number of hydrogen-bond donors (Lipinski definition) is 8. The van der Waals surface area contributed by atoms with Crippen LogP contribution in [0.4, 0.5) is 0 Å². The van der Waals surface area contributed by atoms with Gasteiger partial charge < -0.3 is 42.3 Å². The van der Waals surface area contributed by atoms with E-state index in [0.29, 0.717) is 12.8 Å². The van der Waals surface area contributed by atoms with Crippen molar-refractivity contribution in [1.82, 2.24) is 21.3 Å². The van der Waals surface area contributed by atoms with E-state index in [1.807, 2.05) is 33.0 Å². The Bertz CT molecular complexity index is 687. The Kier molecular flexibility index (Phi) is 13.9. The molecular formula is C20H37N5O8. The van der Waals surface area contributed by atoms with Gasteiger partial charge in [-0.3, -0.25) is 19.2 Å². The number of hydrogen-bond acceptors (Lipinski definition) is 8. The first-order valence-electron chi connectivity index (χ1n) is 10.8. The third-order valence-corrected chi connectivity index (χ3v) is 4.95. The van der Waals surface area contributed by atoms with Gasteiger partial charge in [-0.2, -0.15) is 0 Å². The predicted molar refractivity (Wildman–Crippen MR) is 117 cm³/mol. The molecular weight excluding hydrogens is 438 g/mol. The van der Waals surface area contributed by atoms with E-state index in [9.17, 15) is 29.1 Å². The SMILES string of the molecule is CCC(C)C(N)C(=O)N[C@@H](CC(C)C)C(=O)NCC(=O)N[C@@H](CO)C(=O)N[C@@H](CO)C(=O)O. The summed E-state index contributed by atoms with van der Waals surface area (Å²) in [4.78, 5) is 59.9. The van der Waals surface area contributed by atoms with Crippen molar-refractivity contribution in [3.05, 3.63) is 0 Å². The lowest BCUT2D eigenvalue weighted by Gasteiger charge is -2.24. The molecule has 0 saturated carbocycles. The lowest BCUT2D eigenvalue weighted by Crippen LogP contribution is -2.56. The monoisotopic (exact) mass is 475 g/mol. The van der Waals surface area contributed by atoms with Gasteiger partial charge in [0, 0.05) is 0 Å². The Hall–Kier alpha value is -2.77. The fraction of sp³-hybridized carbons (Fsp3) is 0.750. The summed E-state index contributed by atoms with van der Waals surface area (Å²) in [6.45, 7) is 5.13. The Morgan fingerprint density at radius 3 is 1.82 bits per heavy atom. The van der Waals surface area contributed by atoms with Crippen molar-refractivity contribution in [2.75, 3.05) is 19.8 Å². The number of rotatable bonds is 15. The molecule has 0 aromatic rings. The molecule has 0 spiro atoms. The molecule has 0 aromatic heterocycles. The van der Waals surface area contributed by atoms with Gasteiger partial charge in [-0.1, -0.05) is 34.1 Å². The first-order chi connectivity index (χ1) is 15.4. The molecule has 33 heavy (non-hydrogen) atoms. The van der Waals surface area contributed by atoms with Gasteiger partial charge in [0.2, 0.25) is 23.6 Å². The zero-order valence-corrected chi connectivity index (χ0v) is 19.5. The van der Waals surface area contributed by atoms with Crippen LogP contribution in [-0.4, -0.2) is 88.8 Å². The normalized spacial score (nSPS) is 15.5. The molecule has 0 aliphatic carbocycles. The minimum atomic E-state index is -1.61. The van der Waals surface area contributed by atoms with Gasteiger partial charge in [-0.25, -0.2) is 4.79 Å². The highest BCUT2D eigenvalue weighted by Gasteiger charge is 2.28. The van der Waals surface area contributed by atoms with E-state index in [-0.39, 0.29) is 11.8 Å². The van der Waals surface area contributed by atoms with E-state index in [0.717, 1.165) is 0 Å². The second kappa shape index (κ2) is 15.1. The standard InChI is InChI=1S/C20H37N5O8/c1-5-11(4)16(21)19(31)24-12(6-10(2)3)17(29)22-7-15(28)23-13(8-26)18(30)25-14(9-27)20(32)33/h10-14,16,26-27H,5-9,21H2,1-4H3,(H,22,29)(H,23,28)(H,24,31)(H,25,30)(H,32,33)/t11?,12-,13-,14-,16?/m0/s1. The van der Waals surface area contributed by atoms with Crippen molar-refractivity contribution < 1.29 is 39.3 Å². The summed E-state index contributed by atoms with van der Waals surface area (Å²) < 4.78 is 0. The maximum atomic E-state index is 12.6. The molecule has 0 rings (SSSR count). The predicted octanol–water partition coefficient (Wildman–Crippen LogP) is -2.95. The quantitative estimate of drug-likeness (QED) is 0.121. The Morgan fingerprint density at radius 2 is 1.36 bits per heavy atom. The minimum Gasteiger partial charge on any atom is -0.480 e. The van der Waals surface area contributed by atoms with E-state index < -0.39 is 73.5 Å². The largest absolute Gasteiger partial charge is 0.480 e. The third-order valence-electron chi connectivity index (χ3n) is 4.95. The second-order valence-electron chi connectivity index (χ2n) is 8.20. The number of carbonyl (C=O) groups is 5. The molecule has 5 atom stereocenters. The molecule has 0 aliphatic rings. The summed E-state index contributed by atoms with van der Waals surface area (Å²) in [5.74, 6) is -4.50. The molecule has 2 unspecified atom stereocenters. The number of amides is 4. The van der Waals surface area contributed by atoms with Gasteiger partial charge in [0.05, 0.1) is 25.8 Å². The van der Waals surface area contributed by atoms with Crippen LogP contribution in [0.25, 0.3) is 0 Å². The summed E-state index contributed by atoms with van der Waals surface area (Å²) in [5.41, 5.74) is 5.91. The van der Waals surface area contributed by atoms with Crippen LogP contribution in [0.2, 0.25) is 0 Å². The lowest BCUT2D eigenvalue weighted by molar-refractivity contribution is -0.143. The Labute approximate surface area is 192 Å². The molecule has 13 nitrogen and oxygen atoms in total. The number of carboxylic acids is 1. The zero-order chi connectivity index (χ0) is 25.7. The Balaban J connectivity index is 4.95. The van der Waals surface area contributed by atoms with Gasteiger partial charge in [0.1, 0.15) is 18.1 Å². The van der Waals surface area contributed by atoms with Crippen molar-refractivity contribution in [1.29, 1.82) is 0 Å². The van der Waals surface area contributed by atoms with Crippen molar-refractivity contribution >= 4 is 29.6 Å². The molecule has 0 fully saturated rings. The molecule has 0 aromatic carbocycles. The molecule has 13 heteroatoms. The number of nitrogens with two attached hydrogens (primary N) is 1. The molecule has 0 heterocycles. The van der Waals surface area contributed by atoms with Crippen LogP contribution in [0.3, 0.4) is 0 Å². The fourth-order valence-electron chi connectivity index (χ4n) is 2.67. The Morgan fingerprint density at radius 1 is 0.818 bits per heavy atom. The molecule has 0 radical (unpaired) electrons. The van der Waals surface area contributed by atoms with E-state index in [1.54, 1.807) is 0 Å². The van der Waals surface area contributed by atoms with Crippen molar-refractivity contribution in [3.8, 4) is 0 Å². The van der Waals surface area contributed by atoms with Crippen LogP contribution >= 0.6 is 0 Å². The maximum absolute atomic E-state index is 12.6. The highest BCUT2D eigenvalue weighted by Crippen LogP contribution is 2.09. The average Bonchev–Trinajstić information content (AvgIpc) is 2.76. The van der Waals surface area contributed by atoms with Crippen LogP contribution in [0.1, 0.15) is 40.5 Å². The first kappa shape index (κ1) is 30.2. The van der Waals surface area contributed by atoms with E-state index >= 15 is 0 Å². The molecule has 190 valence electrons. The minimum absolute atomic E-state index is 0.0471. The number of aliphatic carboxylic acids is 1. The highest BCUT2D eigenvalue weighted by atomic mass is 16.4. The van der Waals surface area contributed by atoms with Gasteiger partial charge in [0.25, 0.3) is 0 Å². The molecule has 0 aliphatic heterocycles. The van der Waals surface area contributed by atoms with Gasteiger partial charge in [0.15, 0.2) is 0 Å². The molecule has 0 bridgehead atoms. The number of carboxylic acid groups (broad SMARTS) is 1. The van der Waals surface area contributed by atoms with Crippen LogP contribution < -0.4 is 27.0 Å². The fourth-order valence-corrected chi connectivity index (χ4v) is 2.67. The maximum Gasteiger partial charge on any atom is 0.328 e. The lowest BCUT2D eigenvalue weighted by atomic mass is 9.97. The van der Waals surface area contributed by atoms with E-state index in [4.69, 9.17) is 15.9 Å². The molecule has 4 amide bonds. The average molecular weight is 476 g/mol.